The highest BCUT2D eigenvalue weighted by Gasteiger charge is 2.37. The average molecular weight is 358 g/mol. The van der Waals surface area contributed by atoms with Gasteiger partial charge in [0.15, 0.2) is 0 Å². The molecule has 2 aliphatic rings. The van der Waals surface area contributed by atoms with Gasteiger partial charge in [-0.15, -0.1) is 12.4 Å². The molecule has 0 radical (unpaired) electrons. The number of likely N-dealkylation sites (tertiary alicyclic amines) is 1. The van der Waals surface area contributed by atoms with Gasteiger partial charge in [-0.1, -0.05) is 11.6 Å². The minimum absolute atomic E-state index is 0. The molecule has 2 atom stereocenters. The Balaban J connectivity index is 0.00000192. The molecule has 1 aromatic rings. The summed E-state index contributed by atoms with van der Waals surface area (Å²) in [6.45, 7) is 1.79. The van der Waals surface area contributed by atoms with E-state index >= 15 is 0 Å². The number of amides is 2. The second kappa shape index (κ2) is 7.51. The third-order valence-electron chi connectivity index (χ3n) is 4.38. The smallest absolute Gasteiger partial charge is 0.228 e. The predicted octanol–water partition coefficient (Wildman–Crippen LogP) is 2.06. The lowest BCUT2D eigenvalue weighted by Gasteiger charge is -2.32. The molecule has 2 unspecified atom stereocenters. The van der Waals surface area contributed by atoms with Gasteiger partial charge in [0.2, 0.25) is 11.8 Å². The zero-order chi connectivity index (χ0) is 15.7. The fraction of sp³-hybridized carbons (Fsp3) is 0.500. The van der Waals surface area contributed by atoms with E-state index in [-0.39, 0.29) is 42.6 Å². The molecule has 2 N–H and O–H groups in total. The van der Waals surface area contributed by atoms with Crippen molar-refractivity contribution in [3.63, 3.8) is 0 Å². The number of rotatable bonds is 2. The Hall–Kier alpha value is -1.30. The number of benzene rings is 1. The zero-order valence-corrected chi connectivity index (χ0v) is 14.4. The van der Waals surface area contributed by atoms with Crippen LogP contribution in [0.3, 0.4) is 0 Å². The van der Waals surface area contributed by atoms with E-state index in [1.165, 1.54) is 0 Å². The predicted molar refractivity (Wildman–Crippen MR) is 92.9 cm³/mol. The van der Waals surface area contributed by atoms with Crippen molar-refractivity contribution in [3.8, 4) is 0 Å². The Kier molecular flexibility index (Phi) is 5.89. The molecule has 2 fully saturated rings. The van der Waals surface area contributed by atoms with Crippen LogP contribution in [-0.2, 0) is 9.59 Å². The largest absolute Gasteiger partial charge is 0.341 e. The standard InChI is InChI=1S/C16H20ClN3O2.ClH/c17-12-3-5-14(6-4-12)20-9-11(8-15(20)21)16(22)19-7-1-2-13(18)10-19;/h3-6,11,13H,1-2,7-10,18H2;1H. The molecule has 0 saturated carbocycles. The number of carbonyl (C=O) groups excluding carboxylic acids is 2. The molecule has 1 aromatic carbocycles. The molecule has 2 aliphatic heterocycles. The highest BCUT2D eigenvalue weighted by Crippen LogP contribution is 2.28. The summed E-state index contributed by atoms with van der Waals surface area (Å²) < 4.78 is 0. The number of piperidine rings is 1. The van der Waals surface area contributed by atoms with E-state index in [0.717, 1.165) is 25.1 Å². The molecule has 7 heteroatoms. The number of nitrogens with zero attached hydrogens (tertiary/aromatic N) is 2. The average Bonchev–Trinajstić information content (AvgIpc) is 2.89. The first kappa shape index (κ1) is 18.0. The quantitative estimate of drug-likeness (QED) is 0.880. The lowest BCUT2D eigenvalue weighted by Crippen LogP contribution is -2.48. The van der Waals surface area contributed by atoms with Crippen molar-refractivity contribution in [2.45, 2.75) is 25.3 Å². The monoisotopic (exact) mass is 357 g/mol. The highest BCUT2D eigenvalue weighted by molar-refractivity contribution is 6.30. The molecule has 0 bridgehead atoms. The van der Waals surface area contributed by atoms with Gasteiger partial charge < -0.3 is 15.5 Å². The summed E-state index contributed by atoms with van der Waals surface area (Å²) in [4.78, 5) is 28.3. The van der Waals surface area contributed by atoms with Gasteiger partial charge in [0.05, 0.1) is 5.92 Å². The SMILES string of the molecule is Cl.NC1CCCN(C(=O)C2CC(=O)N(c3ccc(Cl)cc3)C2)C1. The first-order chi connectivity index (χ1) is 10.5. The maximum Gasteiger partial charge on any atom is 0.228 e. The highest BCUT2D eigenvalue weighted by atomic mass is 35.5. The number of nitrogens with two attached hydrogens (primary N) is 1. The molecule has 0 aromatic heterocycles. The van der Waals surface area contributed by atoms with Crippen LogP contribution in [0.15, 0.2) is 24.3 Å². The Bertz CT molecular complexity index is 579. The summed E-state index contributed by atoms with van der Waals surface area (Å²) in [6.07, 6.45) is 2.17. The molecule has 5 nitrogen and oxygen atoms in total. The maximum absolute atomic E-state index is 12.6. The minimum atomic E-state index is -0.270. The molecule has 0 spiro atoms. The van der Waals surface area contributed by atoms with Crippen molar-refractivity contribution < 1.29 is 9.59 Å². The van der Waals surface area contributed by atoms with E-state index in [9.17, 15) is 9.59 Å². The summed E-state index contributed by atoms with van der Waals surface area (Å²) in [5.74, 6) is -0.226. The third kappa shape index (κ3) is 3.97. The molecular weight excluding hydrogens is 337 g/mol. The van der Waals surface area contributed by atoms with Crippen LogP contribution in [0.4, 0.5) is 5.69 Å². The van der Waals surface area contributed by atoms with Crippen molar-refractivity contribution in [1.82, 2.24) is 4.90 Å². The van der Waals surface area contributed by atoms with Crippen molar-refractivity contribution in [1.29, 1.82) is 0 Å². The van der Waals surface area contributed by atoms with Gasteiger partial charge in [0.1, 0.15) is 0 Å². The molecule has 23 heavy (non-hydrogen) atoms. The lowest BCUT2D eigenvalue weighted by atomic mass is 10.0. The number of carbonyl (C=O) groups is 2. The second-order valence-corrected chi connectivity index (χ2v) is 6.50. The normalized spacial score (nSPS) is 24.5. The van der Waals surface area contributed by atoms with Gasteiger partial charge >= 0.3 is 0 Å². The Labute approximate surface area is 147 Å². The third-order valence-corrected chi connectivity index (χ3v) is 4.63. The van der Waals surface area contributed by atoms with Crippen LogP contribution in [0.2, 0.25) is 5.02 Å². The summed E-state index contributed by atoms with van der Waals surface area (Å²) in [5.41, 5.74) is 6.73. The van der Waals surface area contributed by atoms with Crippen LogP contribution in [-0.4, -0.2) is 42.4 Å². The zero-order valence-electron chi connectivity index (χ0n) is 12.8. The fourth-order valence-corrected chi connectivity index (χ4v) is 3.34. The number of hydrogen-bond donors (Lipinski definition) is 1. The number of anilines is 1. The first-order valence-electron chi connectivity index (χ1n) is 7.65. The fourth-order valence-electron chi connectivity index (χ4n) is 3.21. The van der Waals surface area contributed by atoms with E-state index in [0.29, 0.717) is 18.1 Å². The summed E-state index contributed by atoms with van der Waals surface area (Å²) in [6, 6.07) is 7.18. The maximum atomic E-state index is 12.6. The van der Waals surface area contributed by atoms with E-state index in [4.69, 9.17) is 17.3 Å². The van der Waals surface area contributed by atoms with Gasteiger partial charge in [0.25, 0.3) is 0 Å². The van der Waals surface area contributed by atoms with Crippen LogP contribution >= 0.6 is 24.0 Å². The van der Waals surface area contributed by atoms with E-state index < -0.39 is 0 Å². The topological polar surface area (TPSA) is 66.6 Å². The van der Waals surface area contributed by atoms with Crippen LogP contribution < -0.4 is 10.6 Å². The minimum Gasteiger partial charge on any atom is -0.341 e. The number of hydrogen-bond acceptors (Lipinski definition) is 3. The molecule has 126 valence electrons. The van der Waals surface area contributed by atoms with Gasteiger partial charge in [-0.3, -0.25) is 9.59 Å². The van der Waals surface area contributed by atoms with Crippen LogP contribution in [0.5, 0.6) is 0 Å². The first-order valence-corrected chi connectivity index (χ1v) is 8.02. The van der Waals surface area contributed by atoms with Gasteiger partial charge in [0, 0.05) is 42.8 Å². The molecule has 0 aliphatic carbocycles. The van der Waals surface area contributed by atoms with Gasteiger partial charge in [-0.25, -0.2) is 0 Å². The van der Waals surface area contributed by atoms with E-state index in [1.54, 1.807) is 17.0 Å². The summed E-state index contributed by atoms with van der Waals surface area (Å²) in [5, 5.41) is 0.630. The van der Waals surface area contributed by atoms with E-state index in [2.05, 4.69) is 0 Å². The van der Waals surface area contributed by atoms with Crippen molar-refractivity contribution in [3.05, 3.63) is 29.3 Å². The second-order valence-electron chi connectivity index (χ2n) is 6.07. The molecule has 2 heterocycles. The van der Waals surface area contributed by atoms with Gasteiger partial charge in [-0.05, 0) is 37.1 Å². The molecule has 2 saturated heterocycles. The van der Waals surface area contributed by atoms with E-state index in [1.807, 2.05) is 17.0 Å². The molecule has 3 rings (SSSR count). The Morgan fingerprint density at radius 3 is 2.57 bits per heavy atom. The Morgan fingerprint density at radius 1 is 1.22 bits per heavy atom. The summed E-state index contributed by atoms with van der Waals surface area (Å²) >= 11 is 5.87. The Morgan fingerprint density at radius 2 is 1.91 bits per heavy atom. The van der Waals surface area contributed by atoms with Crippen LogP contribution in [0.1, 0.15) is 19.3 Å². The van der Waals surface area contributed by atoms with Gasteiger partial charge in [-0.2, -0.15) is 0 Å². The van der Waals surface area contributed by atoms with Crippen molar-refractivity contribution in [2.75, 3.05) is 24.5 Å². The lowest BCUT2D eigenvalue weighted by molar-refractivity contribution is -0.136. The molecular formula is C16H21Cl2N3O2. The van der Waals surface area contributed by atoms with Crippen molar-refractivity contribution in [2.24, 2.45) is 11.7 Å². The number of halogens is 2. The van der Waals surface area contributed by atoms with Crippen LogP contribution in [0, 0.1) is 5.92 Å². The van der Waals surface area contributed by atoms with Crippen LogP contribution in [0.25, 0.3) is 0 Å². The van der Waals surface area contributed by atoms with Crippen molar-refractivity contribution >= 4 is 41.5 Å². The summed E-state index contributed by atoms with van der Waals surface area (Å²) in [7, 11) is 0. The molecule has 2 amide bonds.